The van der Waals surface area contributed by atoms with Gasteiger partial charge in [0.15, 0.2) is 0 Å². The molecule has 0 saturated heterocycles. The number of fused-ring (bicyclic) bond motifs is 1. The zero-order valence-corrected chi connectivity index (χ0v) is 18.5. The molecule has 2 heterocycles. The zero-order chi connectivity index (χ0) is 22.6. The minimum Gasteiger partial charge on any atom is -0.480 e. The Hall–Kier alpha value is -2.76. The monoisotopic (exact) mass is 465 g/mol. The van der Waals surface area contributed by atoms with Gasteiger partial charge < -0.3 is 10.1 Å². The van der Waals surface area contributed by atoms with E-state index in [1.54, 1.807) is 17.5 Å². The van der Waals surface area contributed by atoms with E-state index in [1.807, 2.05) is 6.92 Å². The van der Waals surface area contributed by atoms with Gasteiger partial charge in [-0.2, -0.15) is 4.31 Å². The number of aromatic nitrogens is 2. The van der Waals surface area contributed by atoms with Crippen LogP contribution in [0.15, 0.2) is 50.2 Å². The van der Waals surface area contributed by atoms with E-state index in [1.165, 1.54) is 23.5 Å². The van der Waals surface area contributed by atoms with Gasteiger partial charge in [0.05, 0.1) is 15.8 Å². The molecule has 1 atom stereocenters. The van der Waals surface area contributed by atoms with Crippen LogP contribution >= 0.6 is 11.3 Å². The highest BCUT2D eigenvalue weighted by atomic mass is 32.2. The number of benzene rings is 1. The Morgan fingerprint density at radius 3 is 2.61 bits per heavy atom. The molecule has 0 aliphatic heterocycles. The molecule has 11 heteroatoms. The maximum Gasteiger partial charge on any atom is 0.326 e. The normalized spacial score (nSPS) is 13.0. The van der Waals surface area contributed by atoms with Crippen LogP contribution in [0.3, 0.4) is 0 Å². The highest BCUT2D eigenvalue weighted by Crippen LogP contribution is 2.26. The Labute approximate surface area is 182 Å². The lowest BCUT2D eigenvalue weighted by atomic mass is 10.1. The third-order valence-corrected chi connectivity index (χ3v) is 7.63. The number of nitrogens with one attached hydrogen (secondary N) is 2. The van der Waals surface area contributed by atoms with Gasteiger partial charge in [-0.25, -0.2) is 13.2 Å². The quantitative estimate of drug-likeness (QED) is 0.393. The summed E-state index contributed by atoms with van der Waals surface area (Å²) in [5.41, 5.74) is -1.23. The van der Waals surface area contributed by atoms with Crippen molar-refractivity contribution in [1.29, 1.82) is 0 Å². The molecule has 166 valence electrons. The fraction of sp³-hybridized carbons (Fsp3) is 0.350. The molecule has 0 radical (unpaired) electrons. The topological polar surface area (TPSA) is 140 Å². The Kier molecular flexibility index (Phi) is 7.08. The van der Waals surface area contributed by atoms with Crippen molar-refractivity contribution in [2.45, 2.75) is 50.1 Å². The number of carbonyl (C=O) groups is 1. The van der Waals surface area contributed by atoms with Crippen molar-refractivity contribution in [3.8, 4) is 0 Å². The first-order chi connectivity index (χ1) is 14.7. The van der Waals surface area contributed by atoms with Gasteiger partial charge in [0, 0.05) is 11.4 Å². The maximum atomic E-state index is 13.5. The van der Waals surface area contributed by atoms with Gasteiger partial charge in [0.25, 0.3) is 5.56 Å². The molecule has 3 N–H and O–H groups in total. The highest BCUT2D eigenvalue weighted by molar-refractivity contribution is 7.89. The van der Waals surface area contributed by atoms with Gasteiger partial charge in [-0.05, 0) is 36.1 Å². The summed E-state index contributed by atoms with van der Waals surface area (Å²) in [7, 11) is -4.26. The molecule has 1 aromatic carbocycles. The van der Waals surface area contributed by atoms with Crippen LogP contribution in [-0.2, 0) is 21.4 Å². The number of rotatable bonds is 10. The molecule has 3 aromatic rings. The third kappa shape index (κ3) is 5.12. The largest absolute Gasteiger partial charge is 0.480 e. The Morgan fingerprint density at radius 2 is 1.97 bits per heavy atom. The van der Waals surface area contributed by atoms with Crippen molar-refractivity contribution in [2.24, 2.45) is 0 Å². The summed E-state index contributed by atoms with van der Waals surface area (Å²) in [5.74, 6) is -1.22. The second kappa shape index (κ2) is 9.58. The average molecular weight is 466 g/mol. The van der Waals surface area contributed by atoms with Gasteiger partial charge in [-0.3, -0.25) is 14.6 Å². The molecule has 0 amide bonds. The van der Waals surface area contributed by atoms with Crippen molar-refractivity contribution in [1.82, 2.24) is 14.3 Å². The number of carboxylic acids is 1. The summed E-state index contributed by atoms with van der Waals surface area (Å²) in [6, 6.07) is 6.01. The Morgan fingerprint density at radius 1 is 1.19 bits per heavy atom. The van der Waals surface area contributed by atoms with Gasteiger partial charge >= 0.3 is 11.7 Å². The van der Waals surface area contributed by atoms with E-state index in [9.17, 15) is 27.9 Å². The van der Waals surface area contributed by atoms with E-state index in [0.717, 1.165) is 23.2 Å². The second-order valence-corrected chi connectivity index (χ2v) is 10.0. The van der Waals surface area contributed by atoms with Crippen LogP contribution in [-0.4, -0.2) is 39.8 Å². The number of thiophene rings is 1. The van der Waals surface area contributed by atoms with Crippen LogP contribution in [0.5, 0.6) is 0 Å². The highest BCUT2D eigenvalue weighted by Gasteiger charge is 2.36. The summed E-state index contributed by atoms with van der Waals surface area (Å²) in [4.78, 5) is 40.6. The molecule has 1 unspecified atom stereocenters. The number of H-pyrrole nitrogens is 2. The lowest BCUT2D eigenvalue weighted by Gasteiger charge is -2.28. The summed E-state index contributed by atoms with van der Waals surface area (Å²) >= 11 is 1.33. The molecule has 0 aliphatic carbocycles. The van der Waals surface area contributed by atoms with E-state index in [0.29, 0.717) is 11.3 Å². The maximum absolute atomic E-state index is 13.5. The van der Waals surface area contributed by atoms with Crippen molar-refractivity contribution in [2.75, 3.05) is 0 Å². The molecular formula is C20H23N3O6S2. The molecule has 0 spiro atoms. The van der Waals surface area contributed by atoms with Crippen LogP contribution in [0.25, 0.3) is 10.9 Å². The average Bonchev–Trinajstić information content (AvgIpc) is 3.22. The van der Waals surface area contributed by atoms with Gasteiger partial charge in [-0.15, -0.1) is 11.3 Å². The number of aliphatic carboxylic acids is 1. The summed E-state index contributed by atoms with van der Waals surface area (Å²) < 4.78 is 28.1. The SMILES string of the molecule is CCCCCC(C(=O)O)N(Cc1cccs1)S(=O)(=O)c1ccc2[nH]c(=O)[nH]c(=O)c2c1. The van der Waals surface area contributed by atoms with Crippen LogP contribution < -0.4 is 11.2 Å². The molecule has 0 bridgehead atoms. The van der Waals surface area contributed by atoms with E-state index < -0.39 is 33.3 Å². The van der Waals surface area contributed by atoms with Crippen LogP contribution in [0.2, 0.25) is 0 Å². The van der Waals surface area contributed by atoms with Gasteiger partial charge in [-0.1, -0.05) is 32.3 Å². The van der Waals surface area contributed by atoms with Crippen LogP contribution in [0, 0.1) is 0 Å². The molecule has 0 aliphatic rings. The number of sulfonamides is 1. The van der Waals surface area contributed by atoms with E-state index >= 15 is 0 Å². The molecule has 2 aromatic heterocycles. The van der Waals surface area contributed by atoms with E-state index in [-0.39, 0.29) is 28.8 Å². The first-order valence-electron chi connectivity index (χ1n) is 9.77. The summed E-state index contributed by atoms with van der Waals surface area (Å²) in [5, 5.41) is 11.6. The van der Waals surface area contributed by atoms with Crippen LogP contribution in [0.4, 0.5) is 0 Å². The zero-order valence-electron chi connectivity index (χ0n) is 16.8. The minimum absolute atomic E-state index is 0.00499. The molecule has 0 fully saturated rings. The Bertz CT molecular complexity index is 1280. The first-order valence-corrected chi connectivity index (χ1v) is 12.1. The Balaban J connectivity index is 2.09. The number of hydrogen-bond donors (Lipinski definition) is 3. The fourth-order valence-electron chi connectivity index (χ4n) is 3.34. The molecule has 3 rings (SSSR count). The molecular weight excluding hydrogens is 442 g/mol. The summed E-state index contributed by atoms with van der Waals surface area (Å²) in [6.07, 6.45) is 2.41. The standard InChI is InChI=1S/C20H23N3O6S2/c1-2-3-4-7-17(19(25)26)23(12-13-6-5-10-30-13)31(28,29)14-8-9-16-15(11-14)18(24)22-20(27)21-16/h5-6,8-11,17H,2-4,7,12H2,1H3,(H,25,26)(H2,21,22,24,27). The first kappa shape index (κ1) is 22.9. The van der Waals surface area contributed by atoms with Crippen molar-refractivity contribution >= 4 is 38.2 Å². The molecule has 0 saturated carbocycles. The molecule has 9 nitrogen and oxygen atoms in total. The predicted octanol–water partition coefficient (Wildman–Crippen LogP) is 2.50. The smallest absolute Gasteiger partial charge is 0.326 e. The lowest BCUT2D eigenvalue weighted by Crippen LogP contribution is -2.44. The third-order valence-electron chi connectivity index (χ3n) is 4.92. The fourth-order valence-corrected chi connectivity index (χ4v) is 5.74. The van der Waals surface area contributed by atoms with Crippen LogP contribution in [0.1, 0.15) is 37.5 Å². The van der Waals surface area contributed by atoms with Gasteiger partial charge in [0.1, 0.15) is 6.04 Å². The summed E-state index contributed by atoms with van der Waals surface area (Å²) in [6.45, 7) is 1.88. The number of nitrogens with zero attached hydrogens (tertiary/aromatic N) is 1. The van der Waals surface area contributed by atoms with Gasteiger partial charge in [0.2, 0.25) is 10.0 Å². The van der Waals surface area contributed by atoms with E-state index in [4.69, 9.17) is 0 Å². The number of unbranched alkanes of at least 4 members (excludes halogenated alkanes) is 2. The lowest BCUT2D eigenvalue weighted by molar-refractivity contribution is -0.141. The molecule has 31 heavy (non-hydrogen) atoms. The number of aromatic amines is 2. The van der Waals surface area contributed by atoms with Crippen molar-refractivity contribution < 1.29 is 18.3 Å². The predicted molar refractivity (Wildman–Crippen MR) is 118 cm³/mol. The van der Waals surface area contributed by atoms with Crippen molar-refractivity contribution in [3.05, 3.63) is 61.4 Å². The van der Waals surface area contributed by atoms with Crippen molar-refractivity contribution in [3.63, 3.8) is 0 Å². The second-order valence-electron chi connectivity index (χ2n) is 7.10. The number of carboxylic acid groups (broad SMARTS) is 1. The van der Waals surface area contributed by atoms with E-state index in [2.05, 4.69) is 9.97 Å². The minimum atomic E-state index is -4.26. The number of hydrogen-bond acceptors (Lipinski definition) is 6.